The minimum atomic E-state index is -3.57. The van der Waals surface area contributed by atoms with Gasteiger partial charge >= 0.3 is 0 Å². The fourth-order valence-corrected chi connectivity index (χ4v) is 2.81. The van der Waals surface area contributed by atoms with E-state index in [0.717, 1.165) is 24.2 Å². The third-order valence-electron chi connectivity index (χ3n) is 3.03. The number of sulfonamides is 1. The van der Waals surface area contributed by atoms with Gasteiger partial charge < -0.3 is 10.2 Å². The number of oxazole rings is 1. The summed E-state index contributed by atoms with van der Waals surface area (Å²) in [6.45, 7) is 2.51. The summed E-state index contributed by atoms with van der Waals surface area (Å²) < 4.78 is 32.1. The molecule has 0 fully saturated rings. The highest BCUT2D eigenvalue weighted by molar-refractivity contribution is 7.89. The Bertz CT molecular complexity index is 678. The number of rotatable bonds is 7. The first-order chi connectivity index (χ1) is 10.0. The number of hydrogen-bond acceptors (Lipinski definition) is 5. The molecule has 0 saturated carbocycles. The highest BCUT2D eigenvalue weighted by Gasteiger charge is 2.15. The minimum absolute atomic E-state index is 0.0346. The molecule has 0 bridgehead atoms. The molecule has 0 atom stereocenters. The lowest BCUT2D eigenvalue weighted by atomic mass is 10.2. The normalized spacial score (nSPS) is 11.7. The molecule has 114 valence electrons. The van der Waals surface area contributed by atoms with E-state index in [2.05, 4.69) is 9.71 Å². The number of benzene rings is 1. The van der Waals surface area contributed by atoms with Crippen LogP contribution in [0.3, 0.4) is 0 Å². The van der Waals surface area contributed by atoms with Gasteiger partial charge in [-0.3, -0.25) is 0 Å². The molecule has 21 heavy (non-hydrogen) atoms. The van der Waals surface area contributed by atoms with Crippen LogP contribution in [0.1, 0.15) is 24.1 Å². The van der Waals surface area contributed by atoms with Gasteiger partial charge in [0.15, 0.2) is 0 Å². The molecule has 3 N–H and O–H groups in total. The van der Waals surface area contributed by atoms with Crippen LogP contribution in [-0.4, -0.2) is 19.9 Å². The van der Waals surface area contributed by atoms with E-state index in [9.17, 15) is 8.42 Å². The van der Waals surface area contributed by atoms with Crippen molar-refractivity contribution >= 4 is 10.0 Å². The number of aryl methyl sites for hydroxylation is 1. The topological polar surface area (TPSA) is 98.2 Å². The first-order valence-electron chi connectivity index (χ1n) is 6.77. The molecule has 1 heterocycles. The van der Waals surface area contributed by atoms with Crippen LogP contribution in [0.4, 0.5) is 0 Å². The van der Waals surface area contributed by atoms with E-state index in [0.29, 0.717) is 12.4 Å². The zero-order valence-electron chi connectivity index (χ0n) is 11.9. The van der Waals surface area contributed by atoms with Gasteiger partial charge in [0.1, 0.15) is 5.76 Å². The zero-order chi connectivity index (χ0) is 15.3. The SMILES string of the molecule is CCc1cnc(CNS(=O)(=O)c2ccc(CCN)cc2)o1. The van der Waals surface area contributed by atoms with E-state index in [1.165, 1.54) is 0 Å². The third-order valence-corrected chi connectivity index (χ3v) is 4.45. The van der Waals surface area contributed by atoms with Crippen LogP contribution in [0.5, 0.6) is 0 Å². The van der Waals surface area contributed by atoms with Crippen molar-refractivity contribution in [3.63, 3.8) is 0 Å². The lowest BCUT2D eigenvalue weighted by Crippen LogP contribution is -2.23. The molecule has 0 aliphatic carbocycles. The molecule has 0 spiro atoms. The molecule has 0 radical (unpaired) electrons. The molecule has 0 amide bonds. The summed E-state index contributed by atoms with van der Waals surface area (Å²) in [7, 11) is -3.57. The van der Waals surface area contributed by atoms with E-state index in [-0.39, 0.29) is 11.4 Å². The van der Waals surface area contributed by atoms with E-state index >= 15 is 0 Å². The molecule has 0 saturated heterocycles. The largest absolute Gasteiger partial charge is 0.444 e. The Kier molecular flexibility index (Phi) is 5.11. The fraction of sp³-hybridized carbons (Fsp3) is 0.357. The average molecular weight is 309 g/mol. The molecule has 1 aromatic heterocycles. The van der Waals surface area contributed by atoms with Gasteiger partial charge in [-0.05, 0) is 30.7 Å². The predicted molar refractivity (Wildman–Crippen MR) is 79.1 cm³/mol. The van der Waals surface area contributed by atoms with Crippen molar-refractivity contribution < 1.29 is 12.8 Å². The average Bonchev–Trinajstić information content (AvgIpc) is 2.94. The first kappa shape index (κ1) is 15.7. The van der Waals surface area contributed by atoms with E-state index in [1.54, 1.807) is 30.5 Å². The third kappa shape index (κ3) is 4.13. The van der Waals surface area contributed by atoms with Crippen molar-refractivity contribution in [1.29, 1.82) is 0 Å². The monoisotopic (exact) mass is 309 g/mol. The van der Waals surface area contributed by atoms with Crippen LogP contribution >= 0.6 is 0 Å². The van der Waals surface area contributed by atoms with Crippen molar-refractivity contribution in [2.45, 2.75) is 31.2 Å². The minimum Gasteiger partial charge on any atom is -0.444 e. The van der Waals surface area contributed by atoms with Crippen LogP contribution < -0.4 is 10.5 Å². The maximum absolute atomic E-state index is 12.1. The van der Waals surface area contributed by atoms with E-state index < -0.39 is 10.0 Å². The quantitative estimate of drug-likeness (QED) is 0.801. The van der Waals surface area contributed by atoms with Crippen LogP contribution in [0, 0.1) is 0 Å². The van der Waals surface area contributed by atoms with E-state index in [4.69, 9.17) is 10.2 Å². The zero-order valence-corrected chi connectivity index (χ0v) is 12.7. The van der Waals surface area contributed by atoms with Gasteiger partial charge in [0.2, 0.25) is 15.9 Å². The van der Waals surface area contributed by atoms with Crippen molar-refractivity contribution in [2.24, 2.45) is 5.73 Å². The van der Waals surface area contributed by atoms with Crippen LogP contribution in [0.25, 0.3) is 0 Å². The molecule has 2 rings (SSSR count). The van der Waals surface area contributed by atoms with Crippen LogP contribution in [-0.2, 0) is 29.4 Å². The second kappa shape index (κ2) is 6.84. The van der Waals surface area contributed by atoms with Crippen LogP contribution in [0.15, 0.2) is 39.8 Å². The number of aromatic nitrogens is 1. The molecular formula is C14H19N3O3S. The number of nitrogens with one attached hydrogen (secondary N) is 1. The second-order valence-corrected chi connectivity index (χ2v) is 6.35. The maximum Gasteiger partial charge on any atom is 0.241 e. The van der Waals surface area contributed by atoms with Gasteiger partial charge in [0.05, 0.1) is 17.6 Å². The standard InChI is InChI=1S/C14H19N3O3S/c1-2-12-9-16-14(20-12)10-17-21(18,19)13-5-3-11(4-6-13)7-8-15/h3-6,9,17H,2,7-8,10,15H2,1H3. The van der Waals surface area contributed by atoms with Gasteiger partial charge in [-0.15, -0.1) is 0 Å². The van der Waals surface area contributed by atoms with Gasteiger partial charge in [-0.2, -0.15) is 0 Å². The summed E-state index contributed by atoms with van der Waals surface area (Å²) in [5.41, 5.74) is 6.47. The Morgan fingerprint density at radius 3 is 2.57 bits per heavy atom. The Labute approximate surface area is 124 Å². The molecule has 6 nitrogen and oxygen atoms in total. The van der Waals surface area contributed by atoms with Crippen LogP contribution in [0.2, 0.25) is 0 Å². The summed E-state index contributed by atoms with van der Waals surface area (Å²) in [5, 5.41) is 0. The molecule has 0 aliphatic rings. The van der Waals surface area contributed by atoms with Crippen molar-refractivity contribution in [2.75, 3.05) is 6.54 Å². The Balaban J connectivity index is 2.03. The van der Waals surface area contributed by atoms with Gasteiger partial charge in [0, 0.05) is 6.42 Å². The summed E-state index contributed by atoms with van der Waals surface area (Å²) in [6, 6.07) is 6.67. The van der Waals surface area contributed by atoms with Gasteiger partial charge in [-0.1, -0.05) is 19.1 Å². The number of nitrogens with two attached hydrogens (primary N) is 1. The first-order valence-corrected chi connectivity index (χ1v) is 8.25. The Hall–Kier alpha value is -1.70. The van der Waals surface area contributed by atoms with Gasteiger partial charge in [0.25, 0.3) is 0 Å². The summed E-state index contributed by atoms with van der Waals surface area (Å²) in [4.78, 5) is 4.23. The Morgan fingerprint density at radius 1 is 1.29 bits per heavy atom. The fourth-order valence-electron chi connectivity index (χ4n) is 1.84. The molecule has 7 heteroatoms. The van der Waals surface area contributed by atoms with Crippen molar-refractivity contribution in [3.05, 3.63) is 47.7 Å². The summed E-state index contributed by atoms with van der Waals surface area (Å²) in [6.07, 6.45) is 3.05. The van der Waals surface area contributed by atoms with Crippen molar-refractivity contribution in [1.82, 2.24) is 9.71 Å². The van der Waals surface area contributed by atoms with Gasteiger partial charge in [-0.25, -0.2) is 18.1 Å². The van der Waals surface area contributed by atoms with E-state index in [1.807, 2.05) is 6.92 Å². The molecule has 0 unspecified atom stereocenters. The maximum atomic E-state index is 12.1. The molecule has 0 aliphatic heterocycles. The Morgan fingerprint density at radius 2 is 2.00 bits per heavy atom. The summed E-state index contributed by atoms with van der Waals surface area (Å²) in [5.74, 6) is 1.09. The van der Waals surface area contributed by atoms with Crippen molar-refractivity contribution in [3.8, 4) is 0 Å². The lowest BCUT2D eigenvalue weighted by molar-refractivity contribution is 0.452. The smallest absolute Gasteiger partial charge is 0.241 e. The highest BCUT2D eigenvalue weighted by atomic mass is 32.2. The number of hydrogen-bond donors (Lipinski definition) is 2. The second-order valence-electron chi connectivity index (χ2n) is 4.58. The lowest BCUT2D eigenvalue weighted by Gasteiger charge is -2.06. The summed E-state index contributed by atoms with van der Waals surface area (Å²) >= 11 is 0. The number of nitrogens with zero attached hydrogens (tertiary/aromatic N) is 1. The predicted octanol–water partition coefficient (Wildman–Crippen LogP) is 1.22. The highest BCUT2D eigenvalue weighted by Crippen LogP contribution is 2.12. The molecule has 1 aromatic carbocycles. The molecular weight excluding hydrogens is 290 g/mol. The molecule has 2 aromatic rings.